The number of sulfonamides is 1. The van der Waals surface area contributed by atoms with Gasteiger partial charge in [0.15, 0.2) is 0 Å². The van der Waals surface area contributed by atoms with Crippen LogP contribution in [0.2, 0.25) is 5.02 Å². The Hall–Kier alpha value is -2.90. The van der Waals surface area contributed by atoms with Crippen LogP contribution in [0.25, 0.3) is 0 Å². The normalized spacial score (nSPS) is 11.1. The predicted molar refractivity (Wildman–Crippen MR) is 108 cm³/mol. The topological polar surface area (TPSA) is 75.3 Å². The number of aryl methyl sites for hydroxylation is 1. The molecule has 2 N–H and O–H groups in total. The van der Waals surface area contributed by atoms with E-state index in [2.05, 4.69) is 10.0 Å². The van der Waals surface area contributed by atoms with Gasteiger partial charge in [-0.2, -0.15) is 0 Å². The summed E-state index contributed by atoms with van der Waals surface area (Å²) in [5.41, 5.74) is 1.25. The van der Waals surface area contributed by atoms with Crippen molar-refractivity contribution in [3.8, 4) is 0 Å². The van der Waals surface area contributed by atoms with Gasteiger partial charge in [-0.3, -0.25) is 9.52 Å². The van der Waals surface area contributed by atoms with Gasteiger partial charge in [0.1, 0.15) is 5.82 Å². The number of halogens is 2. The molecule has 0 aliphatic carbocycles. The number of hydrogen-bond acceptors (Lipinski definition) is 3. The molecule has 0 fully saturated rings. The van der Waals surface area contributed by atoms with Gasteiger partial charge in [-0.05, 0) is 55.0 Å². The molecule has 0 aromatic heterocycles. The number of carbonyl (C=O) groups is 1. The molecule has 0 aliphatic rings. The zero-order chi connectivity index (χ0) is 20.3. The number of anilines is 2. The molecule has 1 amide bonds. The minimum absolute atomic E-state index is 0.139. The number of para-hydroxylation sites is 1. The Bertz CT molecular complexity index is 1150. The predicted octanol–water partition coefficient (Wildman–Crippen LogP) is 4.84. The van der Waals surface area contributed by atoms with E-state index in [0.717, 1.165) is 11.6 Å². The molecule has 3 aromatic carbocycles. The number of benzene rings is 3. The quantitative estimate of drug-likeness (QED) is 0.622. The summed E-state index contributed by atoms with van der Waals surface area (Å²) >= 11 is 5.84. The Balaban J connectivity index is 1.82. The van der Waals surface area contributed by atoms with Crippen molar-refractivity contribution >= 4 is 38.9 Å². The van der Waals surface area contributed by atoms with Gasteiger partial charge in [-0.1, -0.05) is 35.9 Å². The van der Waals surface area contributed by atoms with Crippen molar-refractivity contribution in [2.75, 3.05) is 10.0 Å². The third kappa shape index (κ3) is 4.49. The van der Waals surface area contributed by atoms with Crippen LogP contribution in [0.4, 0.5) is 15.8 Å². The minimum atomic E-state index is -3.98. The highest BCUT2D eigenvalue weighted by atomic mass is 35.5. The summed E-state index contributed by atoms with van der Waals surface area (Å²) in [5, 5.41) is 2.78. The molecule has 0 aliphatic heterocycles. The first kappa shape index (κ1) is 19.9. The fourth-order valence-electron chi connectivity index (χ4n) is 2.48. The lowest BCUT2D eigenvalue weighted by Gasteiger charge is -2.12. The fourth-order valence-corrected chi connectivity index (χ4v) is 3.81. The molecule has 0 radical (unpaired) electrons. The maximum atomic E-state index is 14.4. The SMILES string of the molecule is Cc1ccccc1NS(=O)(=O)c1ccc(NC(=O)c2cccc(Cl)c2)c(F)c1. The van der Waals surface area contributed by atoms with Crippen molar-refractivity contribution in [2.45, 2.75) is 11.8 Å². The van der Waals surface area contributed by atoms with E-state index in [9.17, 15) is 17.6 Å². The van der Waals surface area contributed by atoms with Crippen LogP contribution in [-0.2, 0) is 10.0 Å². The second-order valence-electron chi connectivity index (χ2n) is 6.03. The largest absolute Gasteiger partial charge is 0.319 e. The summed E-state index contributed by atoms with van der Waals surface area (Å²) in [6.07, 6.45) is 0. The molecule has 28 heavy (non-hydrogen) atoms. The van der Waals surface area contributed by atoms with Gasteiger partial charge >= 0.3 is 0 Å². The molecular formula is C20H16ClFN2O3S. The molecule has 0 heterocycles. The average Bonchev–Trinajstić information content (AvgIpc) is 2.65. The molecule has 5 nitrogen and oxygen atoms in total. The van der Waals surface area contributed by atoms with E-state index in [-0.39, 0.29) is 16.1 Å². The lowest BCUT2D eigenvalue weighted by Crippen LogP contribution is -2.16. The molecule has 0 spiro atoms. The van der Waals surface area contributed by atoms with E-state index in [0.29, 0.717) is 10.7 Å². The summed E-state index contributed by atoms with van der Waals surface area (Å²) in [4.78, 5) is 12.0. The highest BCUT2D eigenvalue weighted by molar-refractivity contribution is 7.92. The number of nitrogens with one attached hydrogen (secondary N) is 2. The zero-order valence-corrected chi connectivity index (χ0v) is 16.3. The monoisotopic (exact) mass is 418 g/mol. The average molecular weight is 419 g/mol. The highest BCUT2D eigenvalue weighted by Gasteiger charge is 2.18. The lowest BCUT2D eigenvalue weighted by atomic mass is 10.2. The van der Waals surface area contributed by atoms with Crippen molar-refractivity contribution in [2.24, 2.45) is 0 Å². The van der Waals surface area contributed by atoms with Crippen LogP contribution in [0.15, 0.2) is 71.6 Å². The van der Waals surface area contributed by atoms with E-state index < -0.39 is 21.7 Å². The fraction of sp³-hybridized carbons (Fsp3) is 0.0500. The van der Waals surface area contributed by atoms with Gasteiger partial charge in [0.05, 0.1) is 16.3 Å². The van der Waals surface area contributed by atoms with Crippen LogP contribution in [0.1, 0.15) is 15.9 Å². The molecule has 0 bridgehead atoms. The number of amides is 1. The summed E-state index contributed by atoms with van der Waals surface area (Å²) in [6, 6.07) is 16.3. The molecule has 8 heteroatoms. The van der Waals surface area contributed by atoms with E-state index in [1.165, 1.54) is 24.3 Å². The summed E-state index contributed by atoms with van der Waals surface area (Å²) in [6.45, 7) is 1.76. The Morgan fingerprint density at radius 1 is 0.964 bits per heavy atom. The second-order valence-corrected chi connectivity index (χ2v) is 8.15. The maximum Gasteiger partial charge on any atom is 0.262 e. The molecule has 0 atom stereocenters. The Morgan fingerprint density at radius 3 is 2.39 bits per heavy atom. The number of rotatable bonds is 5. The van der Waals surface area contributed by atoms with E-state index >= 15 is 0 Å². The van der Waals surface area contributed by atoms with Crippen LogP contribution in [0, 0.1) is 12.7 Å². The summed E-state index contributed by atoms with van der Waals surface area (Å²) in [7, 11) is -3.98. The van der Waals surface area contributed by atoms with Crippen molar-refractivity contribution in [3.05, 3.63) is 88.7 Å². The minimum Gasteiger partial charge on any atom is -0.319 e. The first-order chi connectivity index (χ1) is 13.3. The van der Waals surface area contributed by atoms with Gasteiger partial charge in [0, 0.05) is 10.6 Å². The van der Waals surface area contributed by atoms with Crippen LogP contribution < -0.4 is 10.0 Å². The van der Waals surface area contributed by atoms with Gasteiger partial charge in [-0.25, -0.2) is 12.8 Å². The Labute approximate surface area is 167 Å². The Kier molecular flexibility index (Phi) is 5.67. The van der Waals surface area contributed by atoms with E-state index in [4.69, 9.17) is 11.6 Å². The first-order valence-electron chi connectivity index (χ1n) is 8.21. The molecule has 3 aromatic rings. The van der Waals surface area contributed by atoms with Crippen molar-refractivity contribution in [3.63, 3.8) is 0 Å². The second kappa shape index (κ2) is 8.00. The van der Waals surface area contributed by atoms with E-state index in [1.807, 2.05) is 0 Å². The molecule has 144 valence electrons. The van der Waals surface area contributed by atoms with Crippen LogP contribution in [-0.4, -0.2) is 14.3 Å². The smallest absolute Gasteiger partial charge is 0.262 e. The molecule has 0 saturated carbocycles. The summed E-state index contributed by atoms with van der Waals surface area (Å²) in [5.74, 6) is -1.43. The molecular weight excluding hydrogens is 403 g/mol. The summed E-state index contributed by atoms with van der Waals surface area (Å²) < 4.78 is 41.9. The van der Waals surface area contributed by atoms with Crippen molar-refractivity contribution in [1.29, 1.82) is 0 Å². The standard InChI is InChI=1S/C20H16ClFN2O3S/c1-13-5-2-3-8-18(13)24-28(26,27)16-9-10-19(17(22)12-16)23-20(25)14-6-4-7-15(21)11-14/h2-12,24H,1H3,(H,23,25). The lowest BCUT2D eigenvalue weighted by molar-refractivity contribution is 0.102. The first-order valence-corrected chi connectivity index (χ1v) is 10.1. The number of hydrogen-bond donors (Lipinski definition) is 2. The third-order valence-electron chi connectivity index (χ3n) is 3.98. The zero-order valence-electron chi connectivity index (χ0n) is 14.7. The highest BCUT2D eigenvalue weighted by Crippen LogP contribution is 2.23. The maximum absolute atomic E-state index is 14.4. The number of carbonyl (C=O) groups excluding carboxylic acids is 1. The molecule has 0 saturated heterocycles. The van der Waals surface area contributed by atoms with Crippen LogP contribution in [0.3, 0.4) is 0 Å². The van der Waals surface area contributed by atoms with Gasteiger partial charge in [-0.15, -0.1) is 0 Å². The van der Waals surface area contributed by atoms with E-state index in [1.54, 1.807) is 43.3 Å². The Morgan fingerprint density at radius 2 is 1.71 bits per heavy atom. The van der Waals surface area contributed by atoms with Crippen LogP contribution in [0.5, 0.6) is 0 Å². The van der Waals surface area contributed by atoms with Gasteiger partial charge < -0.3 is 5.32 Å². The third-order valence-corrected chi connectivity index (χ3v) is 5.57. The van der Waals surface area contributed by atoms with Gasteiger partial charge in [0.2, 0.25) is 0 Å². The van der Waals surface area contributed by atoms with Crippen molar-refractivity contribution < 1.29 is 17.6 Å². The molecule has 3 rings (SSSR count). The van der Waals surface area contributed by atoms with Crippen LogP contribution >= 0.6 is 11.6 Å². The molecule has 0 unspecified atom stereocenters. The van der Waals surface area contributed by atoms with Gasteiger partial charge in [0.25, 0.3) is 15.9 Å². The van der Waals surface area contributed by atoms with Crippen molar-refractivity contribution in [1.82, 2.24) is 0 Å².